The van der Waals surface area contributed by atoms with Crippen molar-refractivity contribution in [3.05, 3.63) is 84.7 Å². The zero-order valence-corrected chi connectivity index (χ0v) is 28.0. The lowest BCUT2D eigenvalue weighted by Gasteiger charge is -2.49. The second-order valence-corrected chi connectivity index (χ2v) is 14.5. The number of rotatable bonds is 9. The average molecular weight is 666 g/mol. The summed E-state index contributed by atoms with van der Waals surface area (Å²) in [6.45, 7) is 13.8. The summed E-state index contributed by atoms with van der Waals surface area (Å²) in [5.41, 5.74) is 4.63. The van der Waals surface area contributed by atoms with Crippen molar-refractivity contribution in [2.75, 3.05) is 13.2 Å². The fraction of sp³-hybridized carbons (Fsp3) is 0.486. The molecule has 0 aromatic heterocycles. The molecule has 1 aliphatic heterocycles. The van der Waals surface area contributed by atoms with Gasteiger partial charge in [-0.2, -0.15) is 0 Å². The number of hydrogen-bond donors (Lipinski definition) is 0. The Morgan fingerprint density at radius 2 is 1.55 bits per heavy atom. The SMILES string of the molecule is CCCN1C2=C(C(=O)CC(C)(C)C2)C(c2cc(Br)c(OCc3cccc([N+](=O)[O-])c3)c(OCC)c2)C2=C1CC(C)(C)CC2=O. The van der Waals surface area contributed by atoms with Gasteiger partial charge in [0.25, 0.3) is 5.69 Å². The van der Waals surface area contributed by atoms with Crippen LogP contribution in [0.1, 0.15) is 90.7 Å². The highest BCUT2D eigenvalue weighted by molar-refractivity contribution is 9.10. The van der Waals surface area contributed by atoms with Crippen molar-refractivity contribution in [1.29, 1.82) is 0 Å². The molecule has 1 heterocycles. The van der Waals surface area contributed by atoms with Crippen LogP contribution in [0.25, 0.3) is 0 Å². The van der Waals surface area contributed by atoms with E-state index in [0.717, 1.165) is 53.9 Å². The average Bonchev–Trinajstić information content (AvgIpc) is 2.92. The normalized spacial score (nSPS) is 19.6. The zero-order valence-electron chi connectivity index (χ0n) is 26.4. The van der Waals surface area contributed by atoms with Crippen molar-refractivity contribution in [3.8, 4) is 11.5 Å². The number of ether oxygens (including phenoxy) is 2. The van der Waals surface area contributed by atoms with Crippen LogP contribution in [0.4, 0.5) is 5.69 Å². The Hall–Kier alpha value is -3.46. The number of non-ortho nitro benzene ring substituents is 1. The summed E-state index contributed by atoms with van der Waals surface area (Å²) in [7, 11) is 0. The van der Waals surface area contributed by atoms with E-state index in [4.69, 9.17) is 9.47 Å². The highest BCUT2D eigenvalue weighted by Crippen LogP contribution is 2.55. The number of ketones is 2. The van der Waals surface area contributed by atoms with Crippen molar-refractivity contribution >= 4 is 33.2 Å². The lowest BCUT2D eigenvalue weighted by Crippen LogP contribution is -2.44. The highest BCUT2D eigenvalue weighted by atomic mass is 79.9. The molecule has 5 rings (SSSR count). The topological polar surface area (TPSA) is 99.0 Å². The Morgan fingerprint density at radius 3 is 2.09 bits per heavy atom. The Bertz CT molecular complexity index is 1530. The van der Waals surface area contributed by atoms with E-state index < -0.39 is 10.8 Å². The summed E-state index contributed by atoms with van der Waals surface area (Å²) >= 11 is 3.70. The first-order chi connectivity index (χ1) is 20.7. The van der Waals surface area contributed by atoms with E-state index in [1.54, 1.807) is 12.1 Å². The van der Waals surface area contributed by atoms with E-state index in [1.165, 1.54) is 12.1 Å². The summed E-state index contributed by atoms with van der Waals surface area (Å²) in [5, 5.41) is 11.3. The van der Waals surface area contributed by atoms with Crippen LogP contribution in [-0.2, 0) is 16.2 Å². The summed E-state index contributed by atoms with van der Waals surface area (Å²) < 4.78 is 12.9. The van der Waals surface area contributed by atoms with Gasteiger partial charge in [-0.25, -0.2) is 0 Å². The van der Waals surface area contributed by atoms with Crippen LogP contribution in [0.5, 0.6) is 11.5 Å². The Labute approximate surface area is 267 Å². The number of benzene rings is 2. The maximum absolute atomic E-state index is 14.0. The molecule has 0 bridgehead atoms. The maximum Gasteiger partial charge on any atom is 0.269 e. The second-order valence-electron chi connectivity index (χ2n) is 13.7. The molecular weight excluding hydrogens is 624 g/mol. The quantitative estimate of drug-likeness (QED) is 0.196. The number of nitro groups is 1. The number of Topliss-reactive ketones (excluding diaryl/α,β-unsaturated/α-hetero) is 2. The van der Waals surface area contributed by atoms with Crippen LogP contribution in [0.2, 0.25) is 0 Å². The molecule has 0 amide bonds. The van der Waals surface area contributed by atoms with E-state index in [-0.39, 0.29) is 34.7 Å². The van der Waals surface area contributed by atoms with E-state index in [0.29, 0.717) is 41.0 Å². The molecule has 0 saturated carbocycles. The van der Waals surface area contributed by atoms with Gasteiger partial charge in [0, 0.05) is 60.0 Å². The predicted octanol–water partition coefficient (Wildman–Crippen LogP) is 8.43. The van der Waals surface area contributed by atoms with Crippen LogP contribution in [0.15, 0.2) is 63.4 Å². The molecule has 0 saturated heterocycles. The van der Waals surface area contributed by atoms with Crippen LogP contribution in [0.3, 0.4) is 0 Å². The molecule has 2 aliphatic carbocycles. The molecule has 2 aromatic carbocycles. The molecule has 0 fully saturated rings. The molecule has 3 aliphatic rings. The van der Waals surface area contributed by atoms with Gasteiger partial charge in [-0.1, -0.05) is 46.8 Å². The number of nitrogens with zero attached hydrogens (tertiary/aromatic N) is 2. The summed E-state index contributed by atoms with van der Waals surface area (Å²) in [5.74, 6) is 0.621. The number of nitro benzene ring substituents is 1. The zero-order chi connectivity index (χ0) is 32.0. The van der Waals surface area contributed by atoms with Crippen molar-refractivity contribution in [2.24, 2.45) is 10.8 Å². The number of halogens is 1. The van der Waals surface area contributed by atoms with Gasteiger partial charge in [-0.15, -0.1) is 0 Å². The van der Waals surface area contributed by atoms with Gasteiger partial charge >= 0.3 is 0 Å². The Balaban J connectivity index is 1.64. The molecular formula is C35H41BrN2O6. The third-order valence-corrected chi connectivity index (χ3v) is 9.23. The largest absolute Gasteiger partial charge is 0.490 e. The lowest BCUT2D eigenvalue weighted by molar-refractivity contribution is -0.384. The van der Waals surface area contributed by atoms with Gasteiger partial charge in [-0.05, 0) is 76.2 Å². The van der Waals surface area contributed by atoms with E-state index in [1.807, 2.05) is 19.1 Å². The van der Waals surface area contributed by atoms with Crippen LogP contribution in [-0.4, -0.2) is 34.5 Å². The number of hydrogen-bond acceptors (Lipinski definition) is 7. The van der Waals surface area contributed by atoms with Crippen LogP contribution in [0, 0.1) is 20.9 Å². The van der Waals surface area contributed by atoms with Crippen molar-refractivity contribution < 1.29 is 24.0 Å². The fourth-order valence-electron chi connectivity index (χ4n) is 6.95. The fourth-order valence-corrected chi connectivity index (χ4v) is 7.52. The number of carbonyl (C=O) groups is 2. The predicted molar refractivity (Wildman–Crippen MR) is 173 cm³/mol. The summed E-state index contributed by atoms with van der Waals surface area (Å²) in [6.07, 6.45) is 3.28. The minimum Gasteiger partial charge on any atom is -0.490 e. The second kappa shape index (κ2) is 12.1. The monoisotopic (exact) mass is 664 g/mol. The molecule has 9 heteroatoms. The summed E-state index contributed by atoms with van der Waals surface area (Å²) in [6, 6.07) is 10.2. The van der Waals surface area contributed by atoms with Gasteiger partial charge in [0.15, 0.2) is 23.1 Å². The molecule has 0 N–H and O–H groups in total. The smallest absolute Gasteiger partial charge is 0.269 e. The number of carbonyl (C=O) groups excluding carboxylic acids is 2. The number of allylic oxidation sites excluding steroid dienone is 4. The molecule has 0 spiro atoms. The Morgan fingerprint density at radius 1 is 0.932 bits per heavy atom. The van der Waals surface area contributed by atoms with Gasteiger partial charge in [-0.3, -0.25) is 19.7 Å². The highest BCUT2D eigenvalue weighted by Gasteiger charge is 2.49. The first-order valence-electron chi connectivity index (χ1n) is 15.4. The van der Waals surface area contributed by atoms with E-state index >= 15 is 0 Å². The van der Waals surface area contributed by atoms with E-state index in [2.05, 4.69) is 55.4 Å². The third kappa shape index (κ3) is 6.21. The standard InChI is InChI=1S/C35H41BrN2O6/c1-7-12-37-25-16-34(3,4)18-27(39)31(25)30(32-26(37)17-35(5,6)19-28(32)40)22-14-24(36)33(29(15-22)43-8-2)44-20-21-10-9-11-23(13-21)38(41)42/h9-11,13-15,30H,7-8,12,16-20H2,1-6H3. The van der Waals surface area contributed by atoms with Gasteiger partial charge < -0.3 is 14.4 Å². The van der Waals surface area contributed by atoms with Gasteiger partial charge in [0.1, 0.15) is 6.61 Å². The third-order valence-electron chi connectivity index (χ3n) is 8.64. The van der Waals surface area contributed by atoms with Crippen molar-refractivity contribution in [1.82, 2.24) is 4.90 Å². The first-order valence-corrected chi connectivity index (χ1v) is 16.2. The summed E-state index contributed by atoms with van der Waals surface area (Å²) in [4.78, 5) is 41.2. The molecule has 0 atom stereocenters. The van der Waals surface area contributed by atoms with Gasteiger partial charge in [0.05, 0.1) is 16.0 Å². The van der Waals surface area contributed by atoms with Crippen molar-refractivity contribution in [3.63, 3.8) is 0 Å². The van der Waals surface area contributed by atoms with E-state index in [9.17, 15) is 19.7 Å². The van der Waals surface area contributed by atoms with Crippen molar-refractivity contribution in [2.45, 2.75) is 86.2 Å². The molecule has 2 aromatic rings. The Kier molecular flexibility index (Phi) is 8.82. The minimum absolute atomic E-state index is 0.00577. The first kappa shape index (κ1) is 31.9. The molecule has 0 radical (unpaired) electrons. The van der Waals surface area contributed by atoms with Crippen LogP contribution < -0.4 is 9.47 Å². The molecule has 234 valence electrons. The molecule has 0 unspecified atom stereocenters. The maximum atomic E-state index is 14.0. The minimum atomic E-state index is -0.498. The van der Waals surface area contributed by atoms with Gasteiger partial charge in [0.2, 0.25) is 0 Å². The lowest BCUT2D eigenvalue weighted by atomic mass is 9.63. The molecule has 8 nitrogen and oxygen atoms in total. The molecule has 44 heavy (non-hydrogen) atoms. The van der Waals surface area contributed by atoms with Crippen LogP contribution >= 0.6 is 15.9 Å².